The fourth-order valence-electron chi connectivity index (χ4n) is 3.52. The van der Waals surface area contributed by atoms with E-state index in [9.17, 15) is 24.5 Å². The minimum absolute atomic E-state index is 0.0152. The van der Waals surface area contributed by atoms with Crippen molar-refractivity contribution in [1.82, 2.24) is 9.80 Å². The van der Waals surface area contributed by atoms with Gasteiger partial charge < -0.3 is 15.5 Å². The van der Waals surface area contributed by atoms with Crippen LogP contribution in [-0.2, 0) is 4.79 Å². The molecule has 3 amide bonds. The lowest BCUT2D eigenvalue weighted by atomic mass is 10.0. The van der Waals surface area contributed by atoms with Crippen LogP contribution in [0, 0.1) is 10.1 Å². The van der Waals surface area contributed by atoms with Gasteiger partial charge in [0.05, 0.1) is 15.6 Å². The molecule has 0 atom stereocenters. The highest BCUT2D eigenvalue weighted by Gasteiger charge is 2.26. The van der Waals surface area contributed by atoms with Gasteiger partial charge in [-0.3, -0.25) is 24.5 Å². The van der Waals surface area contributed by atoms with Crippen LogP contribution < -0.4 is 5.73 Å². The molecule has 3 rings (SSSR count). The average Bonchev–Trinajstić information content (AvgIpc) is 2.82. The first-order valence-electron chi connectivity index (χ1n) is 10.6. The molecular weight excluding hydrogens is 444 g/mol. The van der Waals surface area contributed by atoms with Crippen LogP contribution in [0.3, 0.4) is 0 Å². The van der Waals surface area contributed by atoms with Crippen molar-refractivity contribution in [3.63, 3.8) is 0 Å². The van der Waals surface area contributed by atoms with Crippen LogP contribution >= 0.6 is 11.8 Å². The number of carbonyl (C=O) groups is 3. The Balaban J connectivity index is 1.55. The van der Waals surface area contributed by atoms with Gasteiger partial charge in [-0.15, -0.1) is 11.8 Å². The minimum Gasteiger partial charge on any atom is -0.366 e. The number of thioether (sulfide) groups is 1. The number of benzene rings is 2. The van der Waals surface area contributed by atoms with Crippen molar-refractivity contribution < 1.29 is 19.3 Å². The van der Waals surface area contributed by atoms with Crippen LogP contribution in [0.5, 0.6) is 0 Å². The summed E-state index contributed by atoms with van der Waals surface area (Å²) in [5.41, 5.74) is 6.76. The summed E-state index contributed by atoms with van der Waals surface area (Å²) in [6, 6.07) is 11.5. The van der Waals surface area contributed by atoms with Gasteiger partial charge in [-0.05, 0) is 35.7 Å². The predicted octanol–water partition coefficient (Wildman–Crippen LogP) is 2.89. The molecule has 1 aliphatic rings. The van der Waals surface area contributed by atoms with E-state index in [1.807, 2.05) is 24.3 Å². The zero-order chi connectivity index (χ0) is 24.1. The normalized spacial score (nSPS) is 13.8. The van der Waals surface area contributed by atoms with Crippen molar-refractivity contribution in [2.75, 3.05) is 31.9 Å². The zero-order valence-electron chi connectivity index (χ0n) is 18.5. The third kappa shape index (κ3) is 5.89. The molecule has 1 heterocycles. The van der Waals surface area contributed by atoms with E-state index >= 15 is 0 Å². The number of hydrogen-bond donors (Lipinski definition) is 1. The predicted molar refractivity (Wildman–Crippen MR) is 125 cm³/mol. The van der Waals surface area contributed by atoms with Gasteiger partial charge in [0.25, 0.3) is 11.6 Å². The maximum Gasteiger partial charge on any atom is 0.283 e. The van der Waals surface area contributed by atoms with Gasteiger partial charge in [-0.25, -0.2) is 0 Å². The molecule has 174 valence electrons. The van der Waals surface area contributed by atoms with E-state index < -0.39 is 10.8 Å². The molecule has 1 fully saturated rings. The summed E-state index contributed by atoms with van der Waals surface area (Å²) >= 11 is 1.04. The van der Waals surface area contributed by atoms with Crippen LogP contribution in [0.1, 0.15) is 46.0 Å². The fraction of sp³-hybridized carbons (Fsp3) is 0.348. The third-order valence-corrected chi connectivity index (χ3v) is 6.58. The van der Waals surface area contributed by atoms with Crippen LogP contribution in [0.15, 0.2) is 47.4 Å². The molecule has 9 nitrogen and oxygen atoms in total. The van der Waals surface area contributed by atoms with Gasteiger partial charge in [-0.1, -0.05) is 26.0 Å². The Labute approximate surface area is 196 Å². The van der Waals surface area contributed by atoms with Gasteiger partial charge in [0.2, 0.25) is 11.8 Å². The number of carbonyl (C=O) groups excluding carboxylic acids is 3. The van der Waals surface area contributed by atoms with Crippen LogP contribution in [0.2, 0.25) is 0 Å². The number of amides is 3. The number of nitrogens with zero attached hydrogens (tertiary/aromatic N) is 3. The molecule has 33 heavy (non-hydrogen) atoms. The van der Waals surface area contributed by atoms with Crippen molar-refractivity contribution in [2.45, 2.75) is 24.7 Å². The second kappa shape index (κ2) is 10.5. The van der Waals surface area contributed by atoms with E-state index in [0.29, 0.717) is 37.7 Å². The molecule has 1 aliphatic heterocycles. The minimum atomic E-state index is -0.756. The highest BCUT2D eigenvalue weighted by atomic mass is 32.2. The summed E-state index contributed by atoms with van der Waals surface area (Å²) in [6.45, 7) is 5.85. The number of hydrogen-bond acceptors (Lipinski definition) is 6. The van der Waals surface area contributed by atoms with E-state index in [2.05, 4.69) is 13.8 Å². The number of nitro benzene ring substituents is 1. The average molecular weight is 471 g/mol. The molecular formula is C23H26N4O5S. The van der Waals surface area contributed by atoms with Gasteiger partial charge >= 0.3 is 0 Å². The third-order valence-electron chi connectivity index (χ3n) is 5.54. The van der Waals surface area contributed by atoms with Crippen LogP contribution in [0.25, 0.3) is 0 Å². The van der Waals surface area contributed by atoms with Gasteiger partial charge in [0.1, 0.15) is 0 Å². The molecule has 2 aromatic carbocycles. The summed E-state index contributed by atoms with van der Waals surface area (Å²) in [6.07, 6.45) is 0. The van der Waals surface area contributed by atoms with Gasteiger partial charge in [-0.2, -0.15) is 0 Å². The molecule has 2 N–H and O–H groups in total. The first-order chi connectivity index (χ1) is 15.7. The lowest BCUT2D eigenvalue weighted by molar-refractivity contribution is -0.387. The number of rotatable bonds is 7. The molecule has 2 aromatic rings. The largest absolute Gasteiger partial charge is 0.366 e. The highest BCUT2D eigenvalue weighted by molar-refractivity contribution is 8.00. The SMILES string of the molecule is CC(C)c1ccc(C(=O)N2CCN(C(=O)CSc3ccc(C(N)=O)cc3[N+](=O)[O-])CC2)cc1. The quantitative estimate of drug-likeness (QED) is 0.377. The molecule has 0 unspecified atom stereocenters. The number of primary amides is 1. The van der Waals surface area contributed by atoms with Crippen molar-refractivity contribution in [1.29, 1.82) is 0 Å². The Kier molecular flexibility index (Phi) is 7.70. The molecule has 0 spiro atoms. The Morgan fingerprint density at radius 2 is 1.58 bits per heavy atom. The van der Waals surface area contributed by atoms with Gasteiger partial charge in [0.15, 0.2) is 0 Å². The monoisotopic (exact) mass is 470 g/mol. The number of nitro groups is 1. The second-order valence-electron chi connectivity index (χ2n) is 8.04. The van der Waals surface area contributed by atoms with E-state index in [-0.39, 0.29) is 33.7 Å². The van der Waals surface area contributed by atoms with Crippen molar-refractivity contribution in [3.8, 4) is 0 Å². The first-order valence-corrected chi connectivity index (χ1v) is 11.5. The summed E-state index contributed by atoms with van der Waals surface area (Å²) < 4.78 is 0. The summed E-state index contributed by atoms with van der Waals surface area (Å²) in [4.78, 5) is 51.1. The Bertz CT molecular complexity index is 1060. The number of piperazine rings is 1. The van der Waals surface area contributed by atoms with Crippen molar-refractivity contribution in [2.24, 2.45) is 5.73 Å². The van der Waals surface area contributed by atoms with E-state index in [1.54, 1.807) is 9.80 Å². The van der Waals surface area contributed by atoms with E-state index in [0.717, 1.165) is 17.8 Å². The summed E-state index contributed by atoms with van der Waals surface area (Å²) in [5.74, 6) is -0.571. The second-order valence-corrected chi connectivity index (χ2v) is 9.06. The topological polar surface area (TPSA) is 127 Å². The zero-order valence-corrected chi connectivity index (χ0v) is 19.3. The molecule has 0 bridgehead atoms. The molecule has 0 saturated carbocycles. The Morgan fingerprint density at radius 3 is 2.12 bits per heavy atom. The molecule has 0 aliphatic carbocycles. The number of nitrogens with two attached hydrogens (primary N) is 1. The maximum atomic E-state index is 12.8. The maximum absolute atomic E-state index is 12.8. The van der Waals surface area contributed by atoms with Crippen LogP contribution in [0.4, 0.5) is 5.69 Å². The lowest BCUT2D eigenvalue weighted by Gasteiger charge is -2.34. The highest BCUT2D eigenvalue weighted by Crippen LogP contribution is 2.30. The summed E-state index contributed by atoms with van der Waals surface area (Å²) in [7, 11) is 0. The molecule has 1 saturated heterocycles. The first kappa shape index (κ1) is 24.2. The van der Waals surface area contributed by atoms with E-state index in [4.69, 9.17) is 5.73 Å². The Hall–Kier alpha value is -3.40. The smallest absolute Gasteiger partial charge is 0.283 e. The van der Waals surface area contributed by atoms with Crippen molar-refractivity contribution in [3.05, 3.63) is 69.3 Å². The van der Waals surface area contributed by atoms with Crippen molar-refractivity contribution >= 4 is 35.2 Å². The van der Waals surface area contributed by atoms with E-state index in [1.165, 1.54) is 17.7 Å². The molecule has 0 radical (unpaired) electrons. The fourth-order valence-corrected chi connectivity index (χ4v) is 4.43. The summed E-state index contributed by atoms with van der Waals surface area (Å²) in [5, 5.41) is 11.3. The van der Waals surface area contributed by atoms with Gasteiger partial charge in [0, 0.05) is 43.4 Å². The lowest BCUT2D eigenvalue weighted by Crippen LogP contribution is -2.51. The molecule has 0 aromatic heterocycles. The Morgan fingerprint density at radius 1 is 1.00 bits per heavy atom. The molecule has 10 heteroatoms. The standard InChI is InChI=1S/C23H26N4O5S/c1-15(2)16-3-5-17(6-4-16)23(30)26-11-9-25(10-12-26)21(28)14-33-20-8-7-18(22(24)29)13-19(20)27(31)32/h3-8,13,15H,9-12,14H2,1-2H3,(H2,24,29). The van der Waals surface area contributed by atoms with Crippen LogP contribution in [-0.4, -0.2) is 64.4 Å².